The van der Waals surface area contributed by atoms with Crippen molar-refractivity contribution in [2.75, 3.05) is 13.6 Å². The maximum atomic E-state index is 4.82. The summed E-state index contributed by atoms with van der Waals surface area (Å²) in [7, 11) is 2.00. The van der Waals surface area contributed by atoms with Gasteiger partial charge in [0.1, 0.15) is 5.01 Å². The third kappa shape index (κ3) is 2.86. The summed E-state index contributed by atoms with van der Waals surface area (Å²) in [6.45, 7) is 0.994. The van der Waals surface area contributed by atoms with Gasteiger partial charge in [0, 0.05) is 23.9 Å². The van der Waals surface area contributed by atoms with Crippen LogP contribution in [0.4, 0.5) is 0 Å². The standard InChI is InChI=1S/C22H28N2S/c1-23-7-6-20-14-25-21(24-20)18-2-4-19(5-3-18)22-11-15-8-16(12-22)10-17(9-15)13-22/h2-5,14-17,23H,6-13H2,1H3. The fourth-order valence-electron chi connectivity index (χ4n) is 6.24. The molecule has 0 saturated heterocycles. The number of rotatable bonds is 5. The van der Waals surface area contributed by atoms with Gasteiger partial charge in [-0.1, -0.05) is 24.3 Å². The second kappa shape index (κ2) is 6.21. The van der Waals surface area contributed by atoms with Crippen LogP contribution >= 0.6 is 11.3 Å². The molecule has 4 fully saturated rings. The van der Waals surface area contributed by atoms with Crippen molar-refractivity contribution in [3.8, 4) is 10.6 Å². The summed E-state index contributed by atoms with van der Waals surface area (Å²) in [6.07, 6.45) is 9.92. The van der Waals surface area contributed by atoms with E-state index in [9.17, 15) is 0 Å². The first-order valence-corrected chi connectivity index (χ1v) is 10.8. The van der Waals surface area contributed by atoms with E-state index >= 15 is 0 Å². The minimum absolute atomic E-state index is 0.508. The zero-order valence-electron chi connectivity index (χ0n) is 15.1. The van der Waals surface area contributed by atoms with Crippen molar-refractivity contribution in [1.82, 2.24) is 10.3 Å². The molecule has 25 heavy (non-hydrogen) atoms. The lowest BCUT2D eigenvalue weighted by Gasteiger charge is -2.57. The van der Waals surface area contributed by atoms with Crippen LogP contribution in [0.2, 0.25) is 0 Å². The van der Waals surface area contributed by atoms with Gasteiger partial charge in [-0.3, -0.25) is 0 Å². The Morgan fingerprint density at radius 3 is 2.28 bits per heavy atom. The van der Waals surface area contributed by atoms with Crippen LogP contribution in [0.3, 0.4) is 0 Å². The highest BCUT2D eigenvalue weighted by Gasteiger charge is 2.51. The Balaban J connectivity index is 1.38. The molecule has 0 amide bonds. The molecule has 3 heteroatoms. The summed E-state index contributed by atoms with van der Waals surface area (Å²) in [6, 6.07) is 9.51. The van der Waals surface area contributed by atoms with Gasteiger partial charge in [-0.15, -0.1) is 11.3 Å². The normalized spacial score (nSPS) is 33.1. The van der Waals surface area contributed by atoms with Gasteiger partial charge < -0.3 is 5.32 Å². The molecule has 0 spiro atoms. The Labute approximate surface area is 155 Å². The number of nitrogens with one attached hydrogen (secondary N) is 1. The van der Waals surface area contributed by atoms with E-state index in [0.29, 0.717) is 5.41 Å². The van der Waals surface area contributed by atoms with Crippen LogP contribution in [0.15, 0.2) is 29.6 Å². The van der Waals surface area contributed by atoms with Gasteiger partial charge in [0.15, 0.2) is 0 Å². The van der Waals surface area contributed by atoms with Gasteiger partial charge in [-0.25, -0.2) is 4.98 Å². The molecule has 1 aromatic carbocycles. The fourth-order valence-corrected chi connectivity index (χ4v) is 7.10. The first-order valence-electron chi connectivity index (χ1n) is 9.94. The van der Waals surface area contributed by atoms with E-state index in [4.69, 9.17) is 4.98 Å². The van der Waals surface area contributed by atoms with Crippen LogP contribution in [0, 0.1) is 17.8 Å². The molecule has 0 aliphatic heterocycles. The van der Waals surface area contributed by atoms with Gasteiger partial charge >= 0.3 is 0 Å². The minimum atomic E-state index is 0.508. The molecular weight excluding hydrogens is 324 g/mol. The lowest BCUT2D eigenvalue weighted by Crippen LogP contribution is -2.48. The Morgan fingerprint density at radius 1 is 1.04 bits per heavy atom. The lowest BCUT2D eigenvalue weighted by atomic mass is 9.48. The Morgan fingerprint density at radius 2 is 1.68 bits per heavy atom. The molecule has 4 aliphatic rings. The molecule has 2 aromatic rings. The average molecular weight is 353 g/mol. The van der Waals surface area contributed by atoms with Crippen LogP contribution in [0.5, 0.6) is 0 Å². The van der Waals surface area contributed by atoms with Crippen molar-refractivity contribution in [1.29, 1.82) is 0 Å². The quantitative estimate of drug-likeness (QED) is 0.815. The second-order valence-corrected chi connectivity index (χ2v) is 9.63. The summed E-state index contributed by atoms with van der Waals surface area (Å²) in [5.41, 5.74) is 4.62. The first-order chi connectivity index (χ1) is 12.2. The number of thiazole rings is 1. The molecule has 1 N–H and O–H groups in total. The summed E-state index contributed by atoms with van der Waals surface area (Å²) < 4.78 is 0. The third-order valence-electron chi connectivity index (χ3n) is 6.97. The van der Waals surface area contributed by atoms with Crippen LogP contribution < -0.4 is 5.32 Å². The number of hydrogen-bond acceptors (Lipinski definition) is 3. The SMILES string of the molecule is CNCCc1csc(-c2ccc(C34CC5CC(CC(C5)C3)C4)cc2)n1. The van der Waals surface area contributed by atoms with Crippen molar-refractivity contribution >= 4 is 11.3 Å². The molecule has 0 unspecified atom stereocenters. The van der Waals surface area contributed by atoms with Gasteiger partial charge in [0.2, 0.25) is 0 Å². The average Bonchev–Trinajstić information content (AvgIpc) is 3.08. The van der Waals surface area contributed by atoms with E-state index in [-0.39, 0.29) is 0 Å². The van der Waals surface area contributed by atoms with E-state index in [1.807, 2.05) is 7.05 Å². The largest absolute Gasteiger partial charge is 0.319 e. The van der Waals surface area contributed by atoms with Gasteiger partial charge in [0.05, 0.1) is 5.69 Å². The minimum Gasteiger partial charge on any atom is -0.319 e. The molecule has 4 bridgehead atoms. The fraction of sp³-hybridized carbons (Fsp3) is 0.591. The van der Waals surface area contributed by atoms with Gasteiger partial charge in [0.25, 0.3) is 0 Å². The maximum absolute atomic E-state index is 4.82. The van der Waals surface area contributed by atoms with Gasteiger partial charge in [-0.2, -0.15) is 0 Å². The molecule has 1 aromatic heterocycles. The first kappa shape index (κ1) is 16.0. The van der Waals surface area contributed by atoms with Gasteiger partial charge in [-0.05, 0) is 74.3 Å². The van der Waals surface area contributed by atoms with E-state index in [0.717, 1.165) is 30.7 Å². The van der Waals surface area contributed by atoms with Crippen LogP contribution in [0.25, 0.3) is 10.6 Å². The predicted molar refractivity (Wildman–Crippen MR) is 105 cm³/mol. The Hall–Kier alpha value is -1.19. The molecule has 4 aliphatic carbocycles. The Kier molecular flexibility index (Phi) is 3.98. The topological polar surface area (TPSA) is 24.9 Å². The lowest BCUT2D eigenvalue weighted by molar-refractivity contribution is -0.00518. The van der Waals surface area contributed by atoms with Crippen molar-refractivity contribution < 1.29 is 0 Å². The summed E-state index contributed by atoms with van der Waals surface area (Å²) in [5.74, 6) is 3.04. The molecule has 0 atom stereocenters. The number of aromatic nitrogens is 1. The number of nitrogens with zero attached hydrogens (tertiary/aromatic N) is 1. The molecule has 6 rings (SSSR count). The van der Waals surface area contributed by atoms with Crippen molar-refractivity contribution in [3.63, 3.8) is 0 Å². The van der Waals surface area contributed by atoms with Crippen molar-refractivity contribution in [2.24, 2.45) is 17.8 Å². The molecule has 2 nitrogen and oxygen atoms in total. The number of likely N-dealkylation sites (N-methyl/N-ethyl adjacent to an activating group) is 1. The Bertz CT molecular complexity index is 710. The van der Waals surface area contributed by atoms with Crippen molar-refractivity contribution in [2.45, 2.75) is 50.4 Å². The maximum Gasteiger partial charge on any atom is 0.123 e. The zero-order chi connectivity index (χ0) is 16.9. The summed E-state index contributed by atoms with van der Waals surface area (Å²) >= 11 is 1.78. The molecule has 1 heterocycles. The molecule has 0 radical (unpaired) electrons. The highest BCUT2D eigenvalue weighted by atomic mass is 32.1. The van der Waals surface area contributed by atoms with Crippen LogP contribution in [-0.2, 0) is 11.8 Å². The van der Waals surface area contributed by atoms with E-state index in [1.54, 1.807) is 16.9 Å². The number of hydrogen-bond donors (Lipinski definition) is 1. The van der Waals surface area contributed by atoms with E-state index < -0.39 is 0 Å². The highest BCUT2D eigenvalue weighted by Crippen LogP contribution is 2.60. The molecule has 4 saturated carbocycles. The number of benzene rings is 1. The highest BCUT2D eigenvalue weighted by molar-refractivity contribution is 7.13. The third-order valence-corrected chi connectivity index (χ3v) is 7.91. The van der Waals surface area contributed by atoms with E-state index in [1.165, 1.54) is 54.8 Å². The van der Waals surface area contributed by atoms with Crippen molar-refractivity contribution in [3.05, 3.63) is 40.9 Å². The second-order valence-electron chi connectivity index (χ2n) is 8.77. The summed E-state index contributed by atoms with van der Waals surface area (Å²) in [5, 5.41) is 6.58. The monoisotopic (exact) mass is 352 g/mol. The smallest absolute Gasteiger partial charge is 0.123 e. The predicted octanol–water partition coefficient (Wildman–Crippen LogP) is 5.04. The van der Waals surface area contributed by atoms with Crippen LogP contribution in [0.1, 0.15) is 49.8 Å². The zero-order valence-corrected chi connectivity index (χ0v) is 15.9. The van der Waals surface area contributed by atoms with Crippen LogP contribution in [-0.4, -0.2) is 18.6 Å². The summed E-state index contributed by atoms with van der Waals surface area (Å²) in [4.78, 5) is 4.82. The van der Waals surface area contributed by atoms with E-state index in [2.05, 4.69) is 35.0 Å². The molecule has 132 valence electrons. The molecular formula is C22H28N2S.